The number of imidazole rings is 2. The summed E-state index contributed by atoms with van der Waals surface area (Å²) in [6.45, 7) is 5.86. The number of alkyl carbamates (subject to hydrolysis) is 2. The number of aromatic nitrogens is 4. The molecule has 0 saturated carbocycles. The van der Waals surface area contributed by atoms with Gasteiger partial charge < -0.3 is 39.9 Å². The lowest BCUT2D eigenvalue weighted by atomic mass is 9.74. The molecule has 1 aromatic carbocycles. The van der Waals surface area contributed by atoms with E-state index in [1.165, 1.54) is 12.0 Å². The van der Waals surface area contributed by atoms with Crippen LogP contribution in [-0.2, 0) is 24.5 Å². The van der Waals surface area contributed by atoms with Crippen molar-refractivity contribution in [2.75, 3.05) is 40.5 Å². The lowest BCUT2D eigenvalue weighted by molar-refractivity contribution is -0.148. The number of hydrogen-bond donors (Lipinski definition) is 4. The van der Waals surface area contributed by atoms with E-state index in [9.17, 15) is 32.3 Å². The van der Waals surface area contributed by atoms with Crippen LogP contribution in [0, 0.1) is 11.8 Å². The molecular formula is C41H52F3N9O6. The van der Waals surface area contributed by atoms with Crippen molar-refractivity contribution in [1.29, 1.82) is 0 Å². The maximum atomic E-state index is 14.1. The van der Waals surface area contributed by atoms with Gasteiger partial charge in [-0.2, -0.15) is 13.2 Å². The minimum absolute atomic E-state index is 0.163. The van der Waals surface area contributed by atoms with Gasteiger partial charge >= 0.3 is 18.4 Å². The van der Waals surface area contributed by atoms with Crippen LogP contribution < -0.4 is 10.6 Å². The number of aromatic amines is 2. The SMILES string of the molecule is COC(=O)NC(C(=O)N1CCCC1c1ncc(C2(c3cnc(C4CN(CC(F)(F)F)CN4C(=O)C(NC(=O)OC)C(C)C)[nH]3)C=CC(c3ccccc3)=CC2)[nH]1)C(C)C. The lowest BCUT2D eigenvalue weighted by Crippen LogP contribution is -2.51. The Kier molecular flexibility index (Phi) is 12.9. The predicted molar refractivity (Wildman–Crippen MR) is 210 cm³/mol. The number of likely N-dealkylation sites (tertiary alicyclic amines) is 1. The Morgan fingerprint density at radius 3 is 1.93 bits per heavy atom. The molecule has 4 heterocycles. The second-order valence-corrected chi connectivity index (χ2v) is 15.9. The number of ether oxygens (including phenoxy) is 2. The molecular weight excluding hydrogens is 772 g/mol. The Labute approximate surface area is 340 Å². The first kappa shape index (κ1) is 42.9. The van der Waals surface area contributed by atoms with Gasteiger partial charge in [0.15, 0.2) is 0 Å². The summed E-state index contributed by atoms with van der Waals surface area (Å²) in [5, 5.41) is 5.21. The van der Waals surface area contributed by atoms with Crippen molar-refractivity contribution in [2.24, 2.45) is 11.8 Å². The third-order valence-corrected chi connectivity index (χ3v) is 11.2. The maximum absolute atomic E-state index is 14.1. The van der Waals surface area contributed by atoms with E-state index >= 15 is 0 Å². The first-order valence-electron chi connectivity index (χ1n) is 19.7. The minimum Gasteiger partial charge on any atom is -0.453 e. The Balaban J connectivity index is 1.36. The largest absolute Gasteiger partial charge is 0.453 e. The summed E-state index contributed by atoms with van der Waals surface area (Å²) < 4.78 is 50.7. The molecule has 15 nitrogen and oxygen atoms in total. The van der Waals surface area contributed by atoms with Crippen LogP contribution in [0.15, 0.2) is 61.0 Å². The van der Waals surface area contributed by atoms with Crippen molar-refractivity contribution >= 4 is 29.6 Å². The first-order chi connectivity index (χ1) is 28.0. The number of nitrogens with zero attached hydrogens (tertiary/aromatic N) is 5. The average Bonchev–Trinajstić information content (AvgIpc) is 4.05. The third-order valence-electron chi connectivity index (χ3n) is 11.2. The van der Waals surface area contributed by atoms with Crippen LogP contribution in [0.1, 0.15) is 87.6 Å². The number of amides is 4. The van der Waals surface area contributed by atoms with Gasteiger partial charge in [0, 0.05) is 25.5 Å². The summed E-state index contributed by atoms with van der Waals surface area (Å²) >= 11 is 0. The molecule has 0 spiro atoms. The number of carbonyl (C=O) groups excluding carboxylic acids is 4. The van der Waals surface area contributed by atoms with E-state index in [1.807, 2.05) is 56.3 Å². The summed E-state index contributed by atoms with van der Waals surface area (Å²) in [6, 6.07) is 6.66. The van der Waals surface area contributed by atoms with Crippen LogP contribution in [0.25, 0.3) is 5.57 Å². The fraction of sp³-hybridized carbons (Fsp3) is 0.512. The number of nitrogens with one attached hydrogen (secondary N) is 4. The number of rotatable bonds is 12. The number of methoxy groups -OCH3 is 2. The second-order valence-electron chi connectivity index (χ2n) is 15.9. The molecule has 59 heavy (non-hydrogen) atoms. The van der Waals surface area contributed by atoms with Crippen molar-refractivity contribution in [3.8, 4) is 0 Å². The Morgan fingerprint density at radius 2 is 1.42 bits per heavy atom. The van der Waals surface area contributed by atoms with E-state index < -0.39 is 66.3 Å². The average molecular weight is 824 g/mol. The molecule has 0 radical (unpaired) electrons. The summed E-state index contributed by atoms with van der Waals surface area (Å²) in [4.78, 5) is 72.9. The van der Waals surface area contributed by atoms with Gasteiger partial charge in [-0.25, -0.2) is 19.6 Å². The zero-order valence-corrected chi connectivity index (χ0v) is 34.0. The van der Waals surface area contributed by atoms with E-state index in [0.29, 0.717) is 36.6 Å². The fourth-order valence-corrected chi connectivity index (χ4v) is 8.10. The summed E-state index contributed by atoms with van der Waals surface area (Å²) in [7, 11) is 2.41. The Bertz CT molecular complexity index is 2050. The normalized spacial score (nSPS) is 22.1. The standard InChI is InChI=1S/C41H52F3N9O6/c1-24(2)32(49-38(56)58-5)36(54)52-18-10-13-28(52)34-45-19-30(47-34)40(16-14-27(15-17-40)26-11-8-7-9-12-26)31-20-46-35(48-31)29-21-51(22-41(42,43)44)23-53(29)37(55)33(25(3)4)50-39(57)59-6/h7-9,11-12,14-16,19-20,24-25,28-29,32-33H,10,13,17-18,21-23H2,1-6H3,(H,45,47)(H,46,48)(H,49,56)(H,50,57). The van der Waals surface area contributed by atoms with Crippen LogP contribution in [-0.4, -0.2) is 117 Å². The Morgan fingerprint density at radius 1 is 0.864 bits per heavy atom. The predicted octanol–water partition coefficient (Wildman–Crippen LogP) is 5.59. The fourth-order valence-electron chi connectivity index (χ4n) is 8.10. The van der Waals surface area contributed by atoms with Gasteiger partial charge in [-0.1, -0.05) is 76.3 Å². The van der Waals surface area contributed by atoms with Crippen molar-refractivity contribution in [3.05, 3.63) is 89.6 Å². The summed E-state index contributed by atoms with van der Waals surface area (Å²) in [6.07, 6.45) is 5.19. The molecule has 1 aliphatic carbocycles. The molecule has 5 atom stereocenters. The summed E-state index contributed by atoms with van der Waals surface area (Å²) in [5.74, 6) is -0.606. The van der Waals surface area contributed by atoms with Gasteiger partial charge in [0.05, 0.1) is 50.3 Å². The highest BCUT2D eigenvalue weighted by Gasteiger charge is 2.45. The molecule has 6 rings (SSSR count). The topological polar surface area (TPSA) is 178 Å². The molecule has 0 bridgehead atoms. The van der Waals surface area contributed by atoms with Gasteiger partial charge in [0.25, 0.3) is 0 Å². The lowest BCUT2D eigenvalue weighted by Gasteiger charge is -2.32. The molecule has 5 unspecified atom stereocenters. The molecule has 4 amide bonds. The molecule has 2 fully saturated rings. The van der Waals surface area contributed by atoms with Crippen LogP contribution in [0.3, 0.4) is 0 Å². The zero-order valence-electron chi connectivity index (χ0n) is 34.0. The van der Waals surface area contributed by atoms with Crippen LogP contribution >= 0.6 is 0 Å². The molecule has 3 aliphatic rings. The van der Waals surface area contributed by atoms with Crippen molar-refractivity contribution < 1.29 is 41.8 Å². The number of allylic oxidation sites excluding steroid dienone is 4. The van der Waals surface area contributed by atoms with Gasteiger partial charge in [-0.15, -0.1) is 0 Å². The van der Waals surface area contributed by atoms with Crippen molar-refractivity contribution in [1.82, 2.24) is 45.3 Å². The highest BCUT2D eigenvalue weighted by molar-refractivity contribution is 5.87. The summed E-state index contributed by atoms with van der Waals surface area (Å²) in [5.41, 5.74) is 2.34. The first-order valence-corrected chi connectivity index (χ1v) is 19.7. The Hall–Kier alpha value is -5.65. The smallest absolute Gasteiger partial charge is 0.407 e. The van der Waals surface area contributed by atoms with Crippen molar-refractivity contribution in [3.63, 3.8) is 0 Å². The zero-order chi connectivity index (χ0) is 42.6. The van der Waals surface area contributed by atoms with Gasteiger partial charge in [0.2, 0.25) is 11.8 Å². The van der Waals surface area contributed by atoms with Gasteiger partial charge in [-0.3, -0.25) is 14.5 Å². The molecule has 318 valence electrons. The van der Waals surface area contributed by atoms with E-state index in [1.54, 1.807) is 31.1 Å². The molecule has 4 N–H and O–H groups in total. The number of carbonyl (C=O) groups is 4. The highest BCUT2D eigenvalue weighted by atomic mass is 19.4. The molecule has 3 aromatic rings. The molecule has 2 aliphatic heterocycles. The van der Waals surface area contributed by atoms with Gasteiger partial charge in [-0.05, 0) is 42.2 Å². The molecule has 2 saturated heterocycles. The second kappa shape index (κ2) is 17.7. The van der Waals surface area contributed by atoms with Crippen LogP contribution in [0.2, 0.25) is 0 Å². The molecule has 2 aromatic heterocycles. The number of benzene rings is 1. The third kappa shape index (κ3) is 9.32. The van der Waals surface area contributed by atoms with E-state index in [-0.39, 0.29) is 30.9 Å². The van der Waals surface area contributed by atoms with Crippen LogP contribution in [0.4, 0.5) is 22.8 Å². The number of hydrogen-bond acceptors (Lipinski definition) is 9. The minimum atomic E-state index is -4.52. The highest BCUT2D eigenvalue weighted by Crippen LogP contribution is 2.43. The quantitative estimate of drug-likeness (QED) is 0.181. The van der Waals surface area contributed by atoms with Crippen molar-refractivity contribution in [2.45, 2.75) is 82.7 Å². The number of halogens is 3. The van der Waals surface area contributed by atoms with E-state index in [2.05, 4.69) is 26.7 Å². The molecule has 18 heteroatoms. The number of alkyl halides is 3. The van der Waals surface area contributed by atoms with Gasteiger partial charge in [0.1, 0.15) is 29.8 Å². The number of H-pyrrole nitrogens is 2. The maximum Gasteiger partial charge on any atom is 0.407 e. The van der Waals surface area contributed by atoms with E-state index in [0.717, 1.165) is 29.6 Å². The van der Waals surface area contributed by atoms with Crippen LogP contribution in [0.5, 0.6) is 0 Å². The van der Waals surface area contributed by atoms with E-state index in [4.69, 9.17) is 19.4 Å². The monoisotopic (exact) mass is 823 g/mol.